The summed E-state index contributed by atoms with van der Waals surface area (Å²) in [6.07, 6.45) is 0. The average Bonchev–Trinajstić information content (AvgIpc) is 1.27. The fourth-order valence-electron chi connectivity index (χ4n) is 0.0680. The Morgan fingerprint density at radius 3 is 1.33 bits per heavy atom. The number of hydrogen-bond donors (Lipinski definition) is 0. The highest BCUT2D eigenvalue weighted by Gasteiger charge is 1.87. The van der Waals surface area contributed by atoms with Crippen molar-refractivity contribution in [2.24, 2.45) is 0 Å². The standard InChI is InChI=1S/Al.O5Si2.H2O/c;1-6(2)5-7(3)4;/h;;1H2/q;-2;/p-1. The first-order valence-corrected chi connectivity index (χ1v) is 3.67. The molecule has 51 valence electrons. The van der Waals surface area contributed by atoms with Gasteiger partial charge in [0.05, 0.1) is 0 Å². The highest BCUT2D eigenvalue weighted by atomic mass is 28.4. The maximum atomic E-state index is 9.29. The zero-order valence-corrected chi connectivity index (χ0v) is 7.22. The Morgan fingerprint density at radius 2 is 1.33 bits per heavy atom. The van der Waals surface area contributed by atoms with Crippen LogP contribution in [0.25, 0.3) is 0 Å². The zero-order chi connectivity index (χ0) is 5.86. The first-order valence-electron chi connectivity index (χ1n) is 1.22. The van der Waals surface area contributed by atoms with E-state index >= 15 is 0 Å². The molecular formula is HAlO6Si2-3. The molecule has 0 heterocycles. The van der Waals surface area contributed by atoms with Gasteiger partial charge in [-0.1, -0.05) is 0 Å². The molecule has 9 heteroatoms. The monoisotopic (exact) mass is 180 g/mol. The molecule has 6 nitrogen and oxygen atoms in total. The number of rotatable bonds is 2. The van der Waals surface area contributed by atoms with Gasteiger partial charge < -0.3 is 28.1 Å². The molecule has 0 aromatic carbocycles. The van der Waals surface area contributed by atoms with Crippen molar-refractivity contribution in [3.63, 3.8) is 0 Å². The molecule has 3 radical (unpaired) electrons. The smallest absolute Gasteiger partial charge is 0.410 e. The molecule has 0 unspecified atom stereocenters. The fraction of sp³-hybridized carbons (Fsp3) is 0. The Balaban J connectivity index is -0.000000180. The minimum absolute atomic E-state index is 0. The molecule has 0 aliphatic carbocycles. The summed E-state index contributed by atoms with van der Waals surface area (Å²) in [6, 6.07) is 0. The van der Waals surface area contributed by atoms with Crippen LogP contribution in [0.3, 0.4) is 0 Å². The van der Waals surface area contributed by atoms with Gasteiger partial charge >= 0.3 is 18.3 Å². The van der Waals surface area contributed by atoms with Crippen LogP contribution in [0.15, 0.2) is 0 Å². The summed E-state index contributed by atoms with van der Waals surface area (Å²) in [5, 5.41) is 0. The Hall–Kier alpha value is -0.0738. The lowest BCUT2D eigenvalue weighted by Crippen LogP contribution is -2.35. The fourth-order valence-corrected chi connectivity index (χ4v) is 0.612. The van der Waals surface area contributed by atoms with Crippen molar-refractivity contribution in [1.29, 1.82) is 0 Å². The lowest BCUT2D eigenvalue weighted by molar-refractivity contribution is -0.250. The predicted molar refractivity (Wildman–Crippen MR) is 21.7 cm³/mol. The van der Waals surface area contributed by atoms with Gasteiger partial charge in [0, 0.05) is 17.4 Å². The average molecular weight is 180 g/mol. The van der Waals surface area contributed by atoms with Crippen molar-refractivity contribution in [1.82, 2.24) is 0 Å². The third-order valence-electron chi connectivity index (χ3n) is 0.167. The van der Waals surface area contributed by atoms with Crippen molar-refractivity contribution in [2.75, 3.05) is 0 Å². The molecule has 1 N–H and O–H groups in total. The molecule has 0 atom stereocenters. The van der Waals surface area contributed by atoms with Crippen molar-refractivity contribution in [2.45, 2.75) is 0 Å². The van der Waals surface area contributed by atoms with Crippen molar-refractivity contribution in [3.05, 3.63) is 0 Å². The van der Waals surface area contributed by atoms with Crippen LogP contribution >= 0.6 is 0 Å². The molecular weight excluding hydrogens is 179 g/mol. The molecule has 0 rings (SSSR count). The van der Waals surface area contributed by atoms with Crippen LogP contribution < -0.4 is 9.59 Å². The van der Waals surface area contributed by atoms with Crippen molar-refractivity contribution >= 4 is 35.7 Å². The minimum atomic E-state index is -3.51. The first kappa shape index (κ1) is 16.0. The molecule has 0 saturated heterocycles. The maximum absolute atomic E-state index is 9.29. The van der Waals surface area contributed by atoms with Crippen LogP contribution in [-0.4, -0.2) is 41.2 Å². The van der Waals surface area contributed by atoms with Gasteiger partial charge in [-0.15, -0.1) is 0 Å². The summed E-state index contributed by atoms with van der Waals surface area (Å²) in [5.41, 5.74) is 0. The van der Waals surface area contributed by atoms with E-state index < -0.39 is 18.3 Å². The van der Waals surface area contributed by atoms with Gasteiger partial charge in [0.1, 0.15) is 0 Å². The van der Waals surface area contributed by atoms with Crippen LogP contribution in [0.1, 0.15) is 0 Å². The van der Waals surface area contributed by atoms with Crippen LogP contribution in [-0.2, 0) is 13.0 Å². The second-order valence-corrected chi connectivity index (χ2v) is 2.42. The summed E-state index contributed by atoms with van der Waals surface area (Å²) in [4.78, 5) is 18.6. The van der Waals surface area contributed by atoms with Crippen LogP contribution in [0.4, 0.5) is 0 Å². The lowest BCUT2D eigenvalue weighted by Gasteiger charge is -1.99. The Morgan fingerprint density at radius 1 is 1.11 bits per heavy atom. The summed E-state index contributed by atoms with van der Waals surface area (Å²) in [7, 11) is -7.03. The van der Waals surface area contributed by atoms with E-state index in [9.17, 15) is 18.5 Å². The van der Waals surface area contributed by atoms with Gasteiger partial charge in [0.15, 0.2) is 0 Å². The molecule has 0 aliphatic heterocycles. The third-order valence-corrected chi connectivity index (χ3v) is 1.50. The van der Waals surface area contributed by atoms with Gasteiger partial charge in [0.2, 0.25) is 0 Å². The van der Waals surface area contributed by atoms with E-state index in [2.05, 4.69) is 4.12 Å². The topological polar surface area (TPSA) is 119 Å². The summed E-state index contributed by atoms with van der Waals surface area (Å²) in [5.74, 6) is 0. The molecule has 0 fully saturated rings. The normalized spacial score (nSPS) is 5.78. The molecule has 9 heavy (non-hydrogen) atoms. The second-order valence-electron chi connectivity index (χ2n) is 0.602. The zero-order valence-electron chi connectivity index (χ0n) is 4.07. The maximum Gasteiger partial charge on any atom is 0.410 e. The van der Waals surface area contributed by atoms with E-state index in [1.54, 1.807) is 0 Å². The highest BCUT2D eigenvalue weighted by Crippen LogP contribution is 1.54. The molecule has 0 aromatic rings. The second kappa shape index (κ2) is 7.93. The number of hydrogen-bond acceptors (Lipinski definition) is 6. The van der Waals surface area contributed by atoms with Crippen LogP contribution in [0.5, 0.6) is 0 Å². The SMILES string of the molecule is O=[Si]([O-])O[Si](=O)[O-].[Al].[OH-]. The summed E-state index contributed by atoms with van der Waals surface area (Å²) < 4.78 is 21.8. The Kier molecular flexibility index (Phi) is 14.1. The molecule has 0 amide bonds. The third kappa shape index (κ3) is 18.1. The highest BCUT2D eigenvalue weighted by molar-refractivity contribution is 6.38. The van der Waals surface area contributed by atoms with E-state index in [0.717, 1.165) is 0 Å². The molecule has 0 saturated carbocycles. The Labute approximate surface area is 64.3 Å². The minimum Gasteiger partial charge on any atom is -0.870 e. The van der Waals surface area contributed by atoms with Gasteiger partial charge in [-0.05, 0) is 0 Å². The largest absolute Gasteiger partial charge is 0.870 e. The van der Waals surface area contributed by atoms with E-state index in [0.29, 0.717) is 0 Å². The van der Waals surface area contributed by atoms with Gasteiger partial charge in [-0.2, -0.15) is 0 Å². The molecule has 0 spiro atoms. The van der Waals surface area contributed by atoms with Crippen LogP contribution in [0, 0.1) is 0 Å². The summed E-state index contributed by atoms with van der Waals surface area (Å²) in [6.45, 7) is 0. The molecule has 0 bridgehead atoms. The van der Waals surface area contributed by atoms with Gasteiger partial charge in [0.25, 0.3) is 0 Å². The van der Waals surface area contributed by atoms with Gasteiger partial charge in [-0.25, -0.2) is 0 Å². The van der Waals surface area contributed by atoms with E-state index in [-0.39, 0.29) is 22.8 Å². The Bertz CT molecular complexity index is 87.2. The lowest BCUT2D eigenvalue weighted by atomic mass is 15.7. The molecule has 0 aliphatic rings. The van der Waals surface area contributed by atoms with E-state index in [4.69, 9.17) is 0 Å². The van der Waals surface area contributed by atoms with E-state index in [1.165, 1.54) is 0 Å². The predicted octanol–water partition coefficient (Wildman–Crippen LogP) is -4.00. The van der Waals surface area contributed by atoms with Crippen molar-refractivity contribution < 1.29 is 28.1 Å². The quantitative estimate of drug-likeness (QED) is 0.399. The van der Waals surface area contributed by atoms with Crippen molar-refractivity contribution in [3.8, 4) is 0 Å². The van der Waals surface area contributed by atoms with Gasteiger partial charge in [-0.3, -0.25) is 0 Å². The van der Waals surface area contributed by atoms with E-state index in [1.807, 2.05) is 0 Å². The van der Waals surface area contributed by atoms with Crippen LogP contribution in [0.2, 0.25) is 0 Å². The summed E-state index contributed by atoms with van der Waals surface area (Å²) >= 11 is 0. The first-order chi connectivity index (χ1) is 3.13. The molecule has 0 aromatic heterocycles.